The fraction of sp³-hybridized carbons (Fsp3) is 0.0833. The smallest absolute Gasteiger partial charge is 0.270 e. The van der Waals surface area contributed by atoms with Crippen LogP contribution in [0.4, 0.5) is 5.95 Å². The minimum Gasteiger partial charge on any atom is -0.489 e. The van der Waals surface area contributed by atoms with E-state index in [1.54, 1.807) is 54.6 Å². The third-order valence-corrected chi connectivity index (χ3v) is 4.16. The van der Waals surface area contributed by atoms with Gasteiger partial charge in [-0.15, -0.1) is 0 Å². The van der Waals surface area contributed by atoms with E-state index in [1.807, 2.05) is 12.1 Å². The summed E-state index contributed by atoms with van der Waals surface area (Å²) in [5.74, 6) is 1.27. The molecule has 0 aliphatic carbocycles. The number of hydrazone groups is 1. The van der Waals surface area contributed by atoms with Gasteiger partial charge in [0, 0.05) is 17.2 Å². The number of nitriles is 1. The van der Waals surface area contributed by atoms with Gasteiger partial charge < -0.3 is 9.47 Å². The average molecular weight is 427 g/mol. The first-order valence-corrected chi connectivity index (χ1v) is 9.66. The molecular weight excluding hydrogens is 406 g/mol. The number of aromatic nitrogens is 2. The standard InChI is InChI=1S/C24H21N5O3/c1-3-12-31-19-11-10-18(21(14-19)32-13-4-2)16-26-29-24-27-22(17-8-6-5-7-9-17)20(15-25)23(30)28-24/h3-11,14,16H,1-2,12-13H2,(H2,27,28,29,30). The van der Waals surface area contributed by atoms with E-state index in [2.05, 4.69) is 33.7 Å². The van der Waals surface area contributed by atoms with Crippen molar-refractivity contribution >= 4 is 12.2 Å². The molecule has 3 aromatic rings. The zero-order valence-electron chi connectivity index (χ0n) is 17.2. The molecule has 8 nitrogen and oxygen atoms in total. The summed E-state index contributed by atoms with van der Waals surface area (Å²) in [6.07, 6.45) is 4.81. The molecule has 32 heavy (non-hydrogen) atoms. The van der Waals surface area contributed by atoms with Crippen LogP contribution in [0.3, 0.4) is 0 Å². The molecule has 0 spiro atoms. The molecule has 2 N–H and O–H groups in total. The van der Waals surface area contributed by atoms with Crippen LogP contribution >= 0.6 is 0 Å². The number of benzene rings is 2. The van der Waals surface area contributed by atoms with Crippen molar-refractivity contribution in [3.8, 4) is 28.8 Å². The largest absolute Gasteiger partial charge is 0.489 e. The summed E-state index contributed by atoms with van der Waals surface area (Å²) in [7, 11) is 0. The van der Waals surface area contributed by atoms with Crippen molar-refractivity contribution in [1.82, 2.24) is 9.97 Å². The van der Waals surface area contributed by atoms with Crippen LogP contribution in [0.15, 0.2) is 83.7 Å². The molecule has 3 rings (SSSR count). The summed E-state index contributed by atoms with van der Waals surface area (Å²) in [6.45, 7) is 7.97. The van der Waals surface area contributed by atoms with Gasteiger partial charge in [-0.05, 0) is 12.1 Å². The van der Waals surface area contributed by atoms with Gasteiger partial charge in [0.05, 0.1) is 11.9 Å². The lowest BCUT2D eigenvalue weighted by molar-refractivity contribution is 0.344. The quantitative estimate of drug-likeness (QED) is 0.288. The van der Waals surface area contributed by atoms with Crippen molar-refractivity contribution in [3.63, 3.8) is 0 Å². The highest BCUT2D eigenvalue weighted by molar-refractivity contribution is 5.84. The summed E-state index contributed by atoms with van der Waals surface area (Å²) in [5, 5.41) is 13.5. The molecule has 0 radical (unpaired) electrons. The Morgan fingerprint density at radius 3 is 2.59 bits per heavy atom. The lowest BCUT2D eigenvalue weighted by Gasteiger charge is -2.10. The second-order valence-electron chi connectivity index (χ2n) is 6.38. The van der Waals surface area contributed by atoms with Gasteiger partial charge in [0.25, 0.3) is 5.56 Å². The molecule has 0 amide bonds. The Balaban J connectivity index is 1.86. The summed E-state index contributed by atoms with van der Waals surface area (Å²) >= 11 is 0. The molecule has 0 aliphatic rings. The molecule has 8 heteroatoms. The number of H-pyrrole nitrogens is 1. The number of nitrogens with zero attached hydrogens (tertiary/aromatic N) is 3. The van der Waals surface area contributed by atoms with Gasteiger partial charge >= 0.3 is 0 Å². The van der Waals surface area contributed by atoms with Crippen LogP contribution in [0, 0.1) is 11.3 Å². The first-order chi connectivity index (χ1) is 15.7. The molecule has 1 aromatic heterocycles. The highest BCUT2D eigenvalue weighted by atomic mass is 16.5. The van der Waals surface area contributed by atoms with Gasteiger partial charge in [-0.25, -0.2) is 10.4 Å². The zero-order valence-corrected chi connectivity index (χ0v) is 17.2. The van der Waals surface area contributed by atoms with Crippen LogP contribution in [-0.4, -0.2) is 29.4 Å². The van der Waals surface area contributed by atoms with E-state index in [0.717, 1.165) is 0 Å². The molecule has 0 fully saturated rings. The van der Waals surface area contributed by atoms with Crippen molar-refractivity contribution in [2.45, 2.75) is 0 Å². The highest BCUT2D eigenvalue weighted by Crippen LogP contribution is 2.24. The molecule has 0 atom stereocenters. The van der Waals surface area contributed by atoms with Crippen molar-refractivity contribution in [2.75, 3.05) is 18.6 Å². The zero-order chi connectivity index (χ0) is 22.8. The molecule has 0 unspecified atom stereocenters. The fourth-order valence-electron chi connectivity index (χ4n) is 2.74. The SMILES string of the molecule is C=CCOc1ccc(C=NNc2nc(-c3ccccc3)c(C#N)c(=O)[nH]2)c(OCC=C)c1. The Morgan fingerprint density at radius 2 is 1.88 bits per heavy atom. The normalized spacial score (nSPS) is 10.3. The van der Waals surface area contributed by atoms with Crippen molar-refractivity contribution in [1.29, 1.82) is 5.26 Å². The first kappa shape index (κ1) is 22.1. The Bertz CT molecular complexity index is 1230. The fourth-order valence-corrected chi connectivity index (χ4v) is 2.74. The monoisotopic (exact) mass is 427 g/mol. The Labute approximate surface area is 185 Å². The third-order valence-electron chi connectivity index (χ3n) is 4.16. The predicted octanol–water partition coefficient (Wildman–Crippen LogP) is 3.88. The molecule has 0 saturated carbocycles. The van der Waals surface area contributed by atoms with E-state index in [-0.39, 0.29) is 17.2 Å². The van der Waals surface area contributed by atoms with Crippen molar-refractivity contribution in [3.05, 3.63) is 95.3 Å². The highest BCUT2D eigenvalue weighted by Gasteiger charge is 2.13. The molecule has 0 saturated heterocycles. The minimum atomic E-state index is -0.558. The van der Waals surface area contributed by atoms with Crippen LogP contribution in [0.1, 0.15) is 11.1 Å². The van der Waals surface area contributed by atoms with Gasteiger partial charge in [-0.2, -0.15) is 10.4 Å². The molecule has 2 aromatic carbocycles. The molecule has 160 valence electrons. The van der Waals surface area contributed by atoms with Crippen LogP contribution in [-0.2, 0) is 0 Å². The van der Waals surface area contributed by atoms with Crippen LogP contribution < -0.4 is 20.5 Å². The number of rotatable bonds is 10. The van der Waals surface area contributed by atoms with E-state index in [9.17, 15) is 10.1 Å². The topological polar surface area (TPSA) is 112 Å². The van der Waals surface area contributed by atoms with Crippen LogP contribution in [0.5, 0.6) is 11.5 Å². The number of hydrogen-bond acceptors (Lipinski definition) is 7. The lowest BCUT2D eigenvalue weighted by Crippen LogP contribution is -2.16. The van der Waals surface area contributed by atoms with E-state index in [0.29, 0.717) is 35.8 Å². The Kier molecular flexibility index (Phi) is 7.54. The molecule has 0 bridgehead atoms. The number of hydrogen-bond donors (Lipinski definition) is 2. The summed E-state index contributed by atoms with van der Waals surface area (Å²) in [5.41, 5.74) is 3.67. The second kappa shape index (κ2) is 10.9. The third kappa shape index (κ3) is 5.49. The van der Waals surface area contributed by atoms with E-state index in [1.165, 1.54) is 6.21 Å². The maximum atomic E-state index is 12.3. The summed E-state index contributed by atoms with van der Waals surface area (Å²) in [6, 6.07) is 16.2. The first-order valence-electron chi connectivity index (χ1n) is 9.66. The van der Waals surface area contributed by atoms with Crippen molar-refractivity contribution < 1.29 is 9.47 Å². The van der Waals surface area contributed by atoms with Gasteiger partial charge in [0.2, 0.25) is 5.95 Å². The van der Waals surface area contributed by atoms with Crippen LogP contribution in [0.2, 0.25) is 0 Å². The average Bonchev–Trinajstić information content (AvgIpc) is 2.82. The van der Waals surface area contributed by atoms with E-state index in [4.69, 9.17) is 9.47 Å². The number of anilines is 1. The summed E-state index contributed by atoms with van der Waals surface area (Å²) in [4.78, 5) is 19.2. The van der Waals surface area contributed by atoms with Crippen LogP contribution in [0.25, 0.3) is 11.3 Å². The van der Waals surface area contributed by atoms with E-state index >= 15 is 0 Å². The number of nitrogens with one attached hydrogen (secondary N) is 2. The number of ether oxygens (including phenoxy) is 2. The van der Waals surface area contributed by atoms with Crippen molar-refractivity contribution in [2.24, 2.45) is 5.10 Å². The molecule has 1 heterocycles. The van der Waals surface area contributed by atoms with Gasteiger partial charge in [0.1, 0.15) is 36.3 Å². The number of aromatic amines is 1. The van der Waals surface area contributed by atoms with E-state index < -0.39 is 5.56 Å². The maximum Gasteiger partial charge on any atom is 0.270 e. The Hall–Kier alpha value is -4.64. The summed E-state index contributed by atoms with van der Waals surface area (Å²) < 4.78 is 11.2. The second-order valence-corrected chi connectivity index (χ2v) is 6.38. The van der Waals surface area contributed by atoms with Gasteiger partial charge in [0.15, 0.2) is 0 Å². The lowest BCUT2D eigenvalue weighted by atomic mass is 10.1. The minimum absolute atomic E-state index is 0.0686. The van der Waals surface area contributed by atoms with Gasteiger partial charge in [-0.1, -0.05) is 55.6 Å². The molecular formula is C24H21N5O3. The van der Waals surface area contributed by atoms with Gasteiger partial charge in [-0.3, -0.25) is 9.78 Å². The Morgan fingerprint density at radius 1 is 1.12 bits per heavy atom. The molecule has 0 aliphatic heterocycles. The predicted molar refractivity (Wildman–Crippen MR) is 124 cm³/mol. The maximum absolute atomic E-state index is 12.3.